The number of hydrogen-bond donors (Lipinski definition) is 2. The van der Waals surface area contributed by atoms with E-state index in [1.807, 2.05) is 0 Å². The van der Waals surface area contributed by atoms with Gasteiger partial charge in [0.2, 0.25) is 0 Å². The van der Waals surface area contributed by atoms with Gasteiger partial charge in [-0.3, -0.25) is 0 Å². The molecule has 0 saturated heterocycles. The van der Waals surface area contributed by atoms with Crippen LogP contribution in [0.2, 0.25) is 0 Å². The van der Waals surface area contributed by atoms with Crippen molar-refractivity contribution in [2.75, 3.05) is 13.2 Å². The molecule has 0 heterocycles. The molecule has 4 rings (SSSR count). The van der Waals surface area contributed by atoms with Crippen molar-refractivity contribution in [3.63, 3.8) is 0 Å². The molecular formula is C17H31NO2. The van der Waals surface area contributed by atoms with Gasteiger partial charge in [-0.25, -0.2) is 0 Å². The number of β-amino-alcohol motifs (C(OH)–C–C–N with tert-alkyl or cyclic N) is 1. The molecule has 2 N–H and O–H groups in total. The summed E-state index contributed by atoms with van der Waals surface area (Å²) in [5.74, 6) is 2.73. The van der Waals surface area contributed by atoms with E-state index < -0.39 is 0 Å². The molecule has 4 aliphatic carbocycles. The third-order valence-electron chi connectivity index (χ3n) is 5.43. The Bertz CT molecular complexity index is 312. The van der Waals surface area contributed by atoms with E-state index in [0.717, 1.165) is 17.8 Å². The maximum Gasteiger partial charge on any atom is 0.0898 e. The Hall–Kier alpha value is -0.120. The van der Waals surface area contributed by atoms with Crippen molar-refractivity contribution in [3.05, 3.63) is 0 Å². The van der Waals surface area contributed by atoms with E-state index in [1.165, 1.54) is 38.5 Å². The van der Waals surface area contributed by atoms with Crippen molar-refractivity contribution in [2.24, 2.45) is 17.8 Å². The van der Waals surface area contributed by atoms with Crippen molar-refractivity contribution in [1.82, 2.24) is 5.32 Å². The van der Waals surface area contributed by atoms with Gasteiger partial charge in [-0.2, -0.15) is 0 Å². The SMILES string of the molecule is CC(C)(C)NC[C@@H](O)COC12CC3CC(CC(C3)C1)C2. The first-order valence-electron chi connectivity index (χ1n) is 8.41. The lowest BCUT2D eigenvalue weighted by Crippen LogP contribution is -2.53. The summed E-state index contributed by atoms with van der Waals surface area (Å²) < 4.78 is 6.28. The predicted molar refractivity (Wildman–Crippen MR) is 80.6 cm³/mol. The number of aliphatic hydroxyl groups is 1. The molecule has 0 amide bonds. The summed E-state index contributed by atoms with van der Waals surface area (Å²) in [7, 11) is 0. The lowest BCUT2D eigenvalue weighted by atomic mass is 9.54. The first-order valence-corrected chi connectivity index (χ1v) is 8.41. The molecule has 20 heavy (non-hydrogen) atoms. The molecule has 3 heteroatoms. The minimum atomic E-state index is -0.387. The number of nitrogens with one attached hydrogen (secondary N) is 1. The predicted octanol–water partition coefficient (Wildman–Crippen LogP) is 2.72. The second kappa shape index (κ2) is 5.26. The van der Waals surface area contributed by atoms with E-state index in [0.29, 0.717) is 13.2 Å². The normalized spacial score (nSPS) is 41.1. The smallest absolute Gasteiger partial charge is 0.0898 e. The van der Waals surface area contributed by atoms with Crippen LogP contribution in [0.1, 0.15) is 59.3 Å². The van der Waals surface area contributed by atoms with Gasteiger partial charge in [-0.1, -0.05) is 0 Å². The van der Waals surface area contributed by atoms with Gasteiger partial charge in [-0.15, -0.1) is 0 Å². The maximum atomic E-state index is 10.1. The van der Waals surface area contributed by atoms with Crippen molar-refractivity contribution < 1.29 is 9.84 Å². The highest BCUT2D eigenvalue weighted by Gasteiger charge is 2.51. The van der Waals surface area contributed by atoms with Crippen LogP contribution in [0, 0.1) is 17.8 Å². The van der Waals surface area contributed by atoms with E-state index in [1.54, 1.807) is 0 Å². The maximum absolute atomic E-state index is 10.1. The molecule has 116 valence electrons. The summed E-state index contributed by atoms with van der Waals surface area (Å²) in [6.07, 6.45) is 7.68. The standard InChI is InChI=1S/C17H31NO2/c1-16(2,3)18-10-15(19)11-20-17-7-12-4-13(8-17)6-14(5-12)9-17/h12-15,18-19H,4-11H2,1-3H3/t12?,13?,14?,15-,17?/m1/s1. The molecule has 0 aromatic carbocycles. The summed E-state index contributed by atoms with van der Waals surface area (Å²) in [5, 5.41) is 13.5. The third kappa shape index (κ3) is 3.37. The molecule has 1 atom stereocenters. The quantitative estimate of drug-likeness (QED) is 0.814. The van der Waals surface area contributed by atoms with Crippen molar-refractivity contribution in [2.45, 2.75) is 76.5 Å². The van der Waals surface area contributed by atoms with E-state index in [2.05, 4.69) is 26.1 Å². The molecule has 0 radical (unpaired) electrons. The van der Waals surface area contributed by atoms with Crippen LogP contribution in [0.25, 0.3) is 0 Å². The Labute approximate surface area is 123 Å². The van der Waals surface area contributed by atoms with Gasteiger partial charge in [-0.05, 0) is 77.0 Å². The van der Waals surface area contributed by atoms with Crippen LogP contribution >= 0.6 is 0 Å². The molecule has 4 aliphatic rings. The first-order chi connectivity index (χ1) is 9.34. The van der Waals surface area contributed by atoms with Gasteiger partial charge >= 0.3 is 0 Å². The van der Waals surface area contributed by atoms with Crippen LogP contribution in [-0.4, -0.2) is 35.5 Å². The fourth-order valence-corrected chi connectivity index (χ4v) is 4.96. The summed E-state index contributed by atoms with van der Waals surface area (Å²) in [6, 6.07) is 0. The molecule has 0 aliphatic heterocycles. The summed E-state index contributed by atoms with van der Waals surface area (Å²) >= 11 is 0. The van der Waals surface area contributed by atoms with Gasteiger partial charge in [0.15, 0.2) is 0 Å². The Morgan fingerprint density at radius 2 is 1.60 bits per heavy atom. The molecule has 3 nitrogen and oxygen atoms in total. The van der Waals surface area contributed by atoms with Gasteiger partial charge in [0.1, 0.15) is 0 Å². The zero-order chi connectivity index (χ0) is 14.4. The number of aliphatic hydroxyl groups excluding tert-OH is 1. The van der Waals surface area contributed by atoms with E-state index in [4.69, 9.17) is 4.74 Å². The average molecular weight is 281 g/mol. The molecule has 4 fully saturated rings. The minimum Gasteiger partial charge on any atom is -0.389 e. The highest BCUT2D eigenvalue weighted by molar-refractivity contribution is 5.03. The van der Waals surface area contributed by atoms with Gasteiger partial charge in [0.05, 0.1) is 18.3 Å². The van der Waals surface area contributed by atoms with E-state index >= 15 is 0 Å². The fourth-order valence-electron chi connectivity index (χ4n) is 4.96. The Kier molecular flexibility index (Phi) is 3.89. The summed E-state index contributed by atoms with van der Waals surface area (Å²) in [5.41, 5.74) is 0.180. The Morgan fingerprint density at radius 3 is 2.05 bits per heavy atom. The Balaban J connectivity index is 1.48. The van der Waals surface area contributed by atoms with Crippen LogP contribution in [0.5, 0.6) is 0 Å². The summed E-state index contributed by atoms with van der Waals surface area (Å²) in [6.45, 7) is 7.49. The third-order valence-corrected chi connectivity index (χ3v) is 5.43. The summed E-state index contributed by atoms with van der Waals surface area (Å²) in [4.78, 5) is 0. The second-order valence-electron chi connectivity index (χ2n) is 8.70. The molecule has 0 unspecified atom stereocenters. The average Bonchev–Trinajstić information content (AvgIpc) is 2.31. The minimum absolute atomic E-state index is 0.0572. The van der Waals surface area contributed by atoms with E-state index in [9.17, 15) is 5.11 Å². The zero-order valence-corrected chi connectivity index (χ0v) is 13.3. The first kappa shape index (κ1) is 14.8. The molecular weight excluding hydrogens is 250 g/mol. The van der Waals surface area contributed by atoms with Gasteiger partial charge < -0.3 is 15.2 Å². The molecule has 0 spiro atoms. The molecule has 0 aromatic rings. The van der Waals surface area contributed by atoms with Crippen LogP contribution in [0.15, 0.2) is 0 Å². The Morgan fingerprint density at radius 1 is 1.10 bits per heavy atom. The van der Waals surface area contributed by atoms with Crippen LogP contribution in [0.4, 0.5) is 0 Å². The second-order valence-corrected chi connectivity index (χ2v) is 8.70. The lowest BCUT2D eigenvalue weighted by Gasteiger charge is -2.56. The van der Waals surface area contributed by atoms with Crippen molar-refractivity contribution in [3.8, 4) is 0 Å². The van der Waals surface area contributed by atoms with Crippen LogP contribution in [0.3, 0.4) is 0 Å². The highest BCUT2D eigenvalue weighted by Crippen LogP contribution is 2.57. The fraction of sp³-hybridized carbons (Fsp3) is 1.00. The monoisotopic (exact) mass is 281 g/mol. The number of ether oxygens (including phenoxy) is 1. The van der Waals surface area contributed by atoms with Gasteiger partial charge in [0, 0.05) is 12.1 Å². The number of hydrogen-bond acceptors (Lipinski definition) is 3. The number of rotatable bonds is 5. The highest BCUT2D eigenvalue weighted by atomic mass is 16.5. The lowest BCUT2D eigenvalue weighted by molar-refractivity contribution is -0.174. The molecule has 4 bridgehead atoms. The molecule has 0 aromatic heterocycles. The van der Waals surface area contributed by atoms with Crippen LogP contribution in [-0.2, 0) is 4.74 Å². The van der Waals surface area contributed by atoms with Crippen molar-refractivity contribution >= 4 is 0 Å². The molecule has 4 saturated carbocycles. The zero-order valence-electron chi connectivity index (χ0n) is 13.3. The van der Waals surface area contributed by atoms with E-state index in [-0.39, 0.29) is 17.2 Å². The largest absolute Gasteiger partial charge is 0.389 e. The van der Waals surface area contributed by atoms with Crippen molar-refractivity contribution in [1.29, 1.82) is 0 Å². The van der Waals surface area contributed by atoms with Gasteiger partial charge in [0.25, 0.3) is 0 Å². The van der Waals surface area contributed by atoms with Crippen LogP contribution < -0.4 is 5.32 Å². The topological polar surface area (TPSA) is 41.5 Å².